The third kappa shape index (κ3) is 6.82. The minimum absolute atomic E-state index is 0.0215. The Kier molecular flexibility index (Phi) is 9.24. The normalized spacial score (nSPS) is 18.4. The molecule has 1 aromatic carbocycles. The monoisotopic (exact) mass is 559 g/mol. The van der Waals surface area contributed by atoms with Gasteiger partial charge in [-0.1, -0.05) is 24.3 Å². The minimum Gasteiger partial charge on any atom is -0.480 e. The fraction of sp³-hybridized carbons (Fsp3) is 0.542. The molecule has 204 valence electrons. The number of thiazole rings is 1. The van der Waals surface area contributed by atoms with Gasteiger partial charge in [0, 0.05) is 24.2 Å². The largest absolute Gasteiger partial charge is 0.480 e. The van der Waals surface area contributed by atoms with E-state index in [1.807, 2.05) is 0 Å². The molecule has 13 heteroatoms. The molecule has 1 heterocycles. The molecule has 1 aliphatic carbocycles. The highest BCUT2D eigenvalue weighted by atomic mass is 32.2. The highest BCUT2D eigenvalue weighted by Crippen LogP contribution is 2.32. The smallest absolute Gasteiger partial charge is 0.324 e. The van der Waals surface area contributed by atoms with Crippen molar-refractivity contribution < 1.29 is 36.6 Å². The number of carboxylic acids is 1. The van der Waals surface area contributed by atoms with Crippen LogP contribution in [0, 0.1) is 17.6 Å². The van der Waals surface area contributed by atoms with Crippen molar-refractivity contribution in [2.24, 2.45) is 5.92 Å². The number of urea groups is 1. The number of carbonyl (C=O) groups is 2. The van der Waals surface area contributed by atoms with E-state index in [1.165, 1.54) is 6.07 Å². The number of carbonyl (C=O) groups excluding carboxylic acids is 1. The van der Waals surface area contributed by atoms with Crippen LogP contribution < -0.4 is 5.32 Å². The summed E-state index contributed by atoms with van der Waals surface area (Å²) in [5.74, 6) is -2.34. The summed E-state index contributed by atoms with van der Waals surface area (Å²) in [7, 11) is -4.23. The molecule has 0 saturated heterocycles. The van der Waals surface area contributed by atoms with E-state index in [-0.39, 0.29) is 40.7 Å². The van der Waals surface area contributed by atoms with Gasteiger partial charge in [0.15, 0.2) is 9.88 Å². The summed E-state index contributed by atoms with van der Waals surface area (Å²) in [6.45, 7) is 4.53. The summed E-state index contributed by atoms with van der Waals surface area (Å²) in [4.78, 5) is 30.2. The first-order valence-corrected chi connectivity index (χ1v) is 14.2. The number of aliphatic carboxylic acids is 1. The second-order valence-electron chi connectivity index (χ2n) is 9.63. The highest BCUT2D eigenvalue weighted by Gasteiger charge is 2.44. The van der Waals surface area contributed by atoms with Crippen molar-refractivity contribution in [3.8, 4) is 0 Å². The van der Waals surface area contributed by atoms with Crippen LogP contribution in [-0.4, -0.2) is 59.3 Å². The molecule has 0 bridgehead atoms. The van der Waals surface area contributed by atoms with Crippen molar-refractivity contribution in [2.75, 3.05) is 18.5 Å². The second-order valence-corrected chi connectivity index (χ2v) is 13.4. The number of amides is 2. The first-order valence-electron chi connectivity index (χ1n) is 11.9. The summed E-state index contributed by atoms with van der Waals surface area (Å²) in [6.07, 6.45) is 4.49. The van der Waals surface area contributed by atoms with E-state index in [4.69, 9.17) is 4.74 Å². The van der Waals surface area contributed by atoms with Crippen molar-refractivity contribution in [1.29, 1.82) is 0 Å². The molecule has 0 aliphatic heterocycles. The zero-order chi connectivity index (χ0) is 27.4. The van der Waals surface area contributed by atoms with E-state index in [1.54, 1.807) is 4.90 Å². The lowest BCUT2D eigenvalue weighted by Crippen LogP contribution is -2.46. The first kappa shape index (κ1) is 28.9. The summed E-state index contributed by atoms with van der Waals surface area (Å²) < 4.78 is 55.7. The molecule has 37 heavy (non-hydrogen) atoms. The lowest BCUT2D eigenvalue weighted by molar-refractivity contribution is -0.139. The maximum absolute atomic E-state index is 13.9. The number of sulfone groups is 1. The van der Waals surface area contributed by atoms with Gasteiger partial charge in [-0.15, -0.1) is 0 Å². The standard InChI is InChI=1S/C24H31F2N3O6S2/c1-15-4-8-18(9-5-15)29(10-11-35-14-16-6-7-17(25)12-19(16)26)23(32)28-22-27-13-20(36-22)37(33,34)24(2,3)21(30)31/h6-7,12-13,15,18H,4-5,8-11,14H2,1-3H3,(H,30,31)(H,27,28,32)/t15-,18-. The number of aromatic nitrogens is 1. The van der Waals surface area contributed by atoms with E-state index < -0.39 is 38.2 Å². The fourth-order valence-corrected chi connectivity index (χ4v) is 6.72. The molecule has 1 aromatic heterocycles. The van der Waals surface area contributed by atoms with E-state index in [2.05, 4.69) is 17.2 Å². The molecule has 0 unspecified atom stereocenters. The number of nitrogens with one attached hydrogen (secondary N) is 1. The number of benzene rings is 1. The Hall–Kier alpha value is -2.64. The van der Waals surface area contributed by atoms with Crippen molar-refractivity contribution >= 4 is 38.3 Å². The van der Waals surface area contributed by atoms with Crippen molar-refractivity contribution in [3.63, 3.8) is 0 Å². The highest BCUT2D eigenvalue weighted by molar-refractivity contribution is 7.95. The van der Waals surface area contributed by atoms with Gasteiger partial charge < -0.3 is 14.7 Å². The van der Waals surface area contributed by atoms with Crippen LogP contribution in [0.15, 0.2) is 28.6 Å². The number of carboxylic acid groups (broad SMARTS) is 1. The summed E-state index contributed by atoms with van der Waals surface area (Å²) >= 11 is 0.681. The average molecular weight is 560 g/mol. The van der Waals surface area contributed by atoms with E-state index in [0.717, 1.165) is 57.9 Å². The van der Waals surface area contributed by atoms with Crippen LogP contribution in [-0.2, 0) is 26.0 Å². The van der Waals surface area contributed by atoms with Gasteiger partial charge in [0.1, 0.15) is 15.8 Å². The average Bonchev–Trinajstić information content (AvgIpc) is 3.30. The maximum atomic E-state index is 13.9. The molecule has 0 radical (unpaired) electrons. The number of nitrogens with zero attached hydrogens (tertiary/aromatic N) is 2. The SMILES string of the molecule is CC(C)(C(=O)O)S(=O)(=O)c1cnc(NC(=O)N(CCOCc2ccc(F)cc2F)[C@H]2CC[C@H](C)CC2)s1. The molecular formula is C24H31F2N3O6S2. The molecule has 9 nitrogen and oxygen atoms in total. The van der Waals surface area contributed by atoms with Gasteiger partial charge >= 0.3 is 12.0 Å². The lowest BCUT2D eigenvalue weighted by atomic mass is 9.86. The summed E-state index contributed by atoms with van der Waals surface area (Å²) in [6, 6.07) is 2.66. The zero-order valence-electron chi connectivity index (χ0n) is 20.9. The second kappa shape index (κ2) is 11.8. The van der Waals surface area contributed by atoms with Crippen LogP contribution in [0.25, 0.3) is 0 Å². The quantitative estimate of drug-likeness (QED) is 0.405. The van der Waals surface area contributed by atoms with Gasteiger partial charge in [-0.25, -0.2) is 27.0 Å². The van der Waals surface area contributed by atoms with Crippen molar-refractivity contribution in [1.82, 2.24) is 9.88 Å². The Balaban J connectivity index is 1.68. The maximum Gasteiger partial charge on any atom is 0.324 e. The predicted molar refractivity (Wildman–Crippen MR) is 134 cm³/mol. The molecule has 0 spiro atoms. The molecule has 1 saturated carbocycles. The molecule has 3 rings (SSSR count). The summed E-state index contributed by atoms with van der Waals surface area (Å²) in [5, 5.41) is 12.0. The molecule has 2 aromatic rings. The topological polar surface area (TPSA) is 126 Å². The Morgan fingerprint density at radius 1 is 1.24 bits per heavy atom. The van der Waals surface area contributed by atoms with Crippen LogP contribution >= 0.6 is 11.3 Å². The third-order valence-electron chi connectivity index (χ3n) is 6.59. The lowest BCUT2D eigenvalue weighted by Gasteiger charge is -2.36. The summed E-state index contributed by atoms with van der Waals surface area (Å²) in [5.41, 5.74) is 0.199. The van der Waals surface area contributed by atoms with Gasteiger partial charge in [-0.05, 0) is 51.5 Å². The molecular weight excluding hydrogens is 528 g/mol. The van der Waals surface area contributed by atoms with Crippen LogP contribution in [0.2, 0.25) is 0 Å². The van der Waals surface area contributed by atoms with E-state index in [9.17, 15) is 31.9 Å². The molecule has 1 aliphatic rings. The Labute approximate surface area is 218 Å². The Morgan fingerprint density at radius 2 is 1.92 bits per heavy atom. The van der Waals surface area contributed by atoms with Crippen LogP contribution in [0.1, 0.15) is 52.0 Å². The van der Waals surface area contributed by atoms with Gasteiger partial charge in [0.2, 0.25) is 9.84 Å². The van der Waals surface area contributed by atoms with Crippen molar-refractivity contribution in [2.45, 2.75) is 68.1 Å². The van der Waals surface area contributed by atoms with Gasteiger partial charge in [-0.3, -0.25) is 10.1 Å². The number of halogens is 2. The number of rotatable bonds is 10. The van der Waals surface area contributed by atoms with Crippen molar-refractivity contribution in [3.05, 3.63) is 41.6 Å². The van der Waals surface area contributed by atoms with Crippen LogP contribution in [0.5, 0.6) is 0 Å². The predicted octanol–water partition coefficient (Wildman–Crippen LogP) is 4.69. The number of ether oxygens (including phenoxy) is 1. The van der Waals surface area contributed by atoms with E-state index >= 15 is 0 Å². The number of hydrogen-bond donors (Lipinski definition) is 2. The zero-order valence-corrected chi connectivity index (χ0v) is 22.5. The molecule has 2 N–H and O–H groups in total. The number of hydrogen-bond acceptors (Lipinski definition) is 7. The fourth-order valence-electron chi connectivity index (χ4n) is 3.96. The molecule has 1 fully saturated rings. The van der Waals surface area contributed by atoms with Gasteiger partial charge in [-0.2, -0.15) is 0 Å². The van der Waals surface area contributed by atoms with Gasteiger partial charge in [0.05, 0.1) is 19.4 Å². The minimum atomic E-state index is -4.23. The molecule has 0 atom stereocenters. The van der Waals surface area contributed by atoms with Crippen LogP contribution in [0.4, 0.5) is 18.7 Å². The van der Waals surface area contributed by atoms with Crippen LogP contribution in [0.3, 0.4) is 0 Å². The Morgan fingerprint density at radius 3 is 2.54 bits per heavy atom. The first-order chi connectivity index (χ1) is 17.3. The molecule has 2 amide bonds. The Bertz CT molecular complexity index is 1230. The van der Waals surface area contributed by atoms with Gasteiger partial charge in [0.25, 0.3) is 0 Å². The third-order valence-corrected chi connectivity index (χ3v) is 10.4. The number of anilines is 1. The van der Waals surface area contributed by atoms with E-state index in [0.29, 0.717) is 17.3 Å².